The summed E-state index contributed by atoms with van der Waals surface area (Å²) in [7, 11) is 0. The van der Waals surface area contributed by atoms with Crippen LogP contribution in [0.4, 0.5) is 0 Å². The fourth-order valence-electron chi connectivity index (χ4n) is 2.57. The van der Waals surface area contributed by atoms with E-state index in [2.05, 4.69) is 15.9 Å². The second-order valence-corrected chi connectivity index (χ2v) is 5.69. The average molecular weight is 297 g/mol. The summed E-state index contributed by atoms with van der Waals surface area (Å²) >= 11 is 3.37. The van der Waals surface area contributed by atoms with E-state index >= 15 is 0 Å². The Morgan fingerprint density at radius 1 is 1.47 bits per heavy atom. The maximum Gasteiger partial charge on any atom is 0.199 e. The van der Waals surface area contributed by atoms with E-state index in [1.807, 2.05) is 19.1 Å². The van der Waals surface area contributed by atoms with E-state index in [1.165, 1.54) is 0 Å². The highest BCUT2D eigenvalue weighted by molar-refractivity contribution is 9.10. The van der Waals surface area contributed by atoms with Crippen molar-refractivity contribution in [3.63, 3.8) is 0 Å². The van der Waals surface area contributed by atoms with Crippen LogP contribution in [0.25, 0.3) is 0 Å². The first kappa shape index (κ1) is 11.2. The molecule has 0 amide bonds. The first-order valence-corrected chi connectivity index (χ1v) is 6.54. The lowest BCUT2D eigenvalue weighted by Gasteiger charge is -2.43. The normalized spacial score (nSPS) is 31.4. The third kappa shape index (κ3) is 1.70. The van der Waals surface area contributed by atoms with E-state index < -0.39 is 11.7 Å². The summed E-state index contributed by atoms with van der Waals surface area (Å²) in [6, 6.07) is 5.53. The third-order valence-electron chi connectivity index (χ3n) is 3.44. The summed E-state index contributed by atoms with van der Waals surface area (Å²) in [6.45, 7) is 2.60. The highest BCUT2D eigenvalue weighted by Crippen LogP contribution is 2.40. The molecule has 1 saturated heterocycles. The van der Waals surface area contributed by atoms with E-state index in [9.17, 15) is 4.79 Å². The van der Waals surface area contributed by atoms with Crippen LogP contribution in [0.1, 0.15) is 30.1 Å². The van der Waals surface area contributed by atoms with E-state index in [0.29, 0.717) is 17.9 Å². The van der Waals surface area contributed by atoms with Crippen LogP contribution in [0.2, 0.25) is 0 Å². The number of carbonyl (C=O) groups excluding carboxylic acids is 1. The first-order chi connectivity index (χ1) is 8.10. The van der Waals surface area contributed by atoms with Crippen molar-refractivity contribution in [2.24, 2.45) is 0 Å². The van der Waals surface area contributed by atoms with Gasteiger partial charge in [0.2, 0.25) is 0 Å². The van der Waals surface area contributed by atoms with Crippen LogP contribution >= 0.6 is 15.9 Å². The zero-order valence-electron chi connectivity index (χ0n) is 9.53. The molecule has 0 N–H and O–H groups in total. The molecule has 2 aliphatic rings. The molecule has 0 spiro atoms. The fourth-order valence-corrected chi connectivity index (χ4v) is 2.93. The van der Waals surface area contributed by atoms with Gasteiger partial charge >= 0.3 is 0 Å². The van der Waals surface area contributed by atoms with E-state index in [0.717, 1.165) is 17.3 Å². The van der Waals surface area contributed by atoms with Crippen molar-refractivity contribution >= 4 is 21.7 Å². The number of Topliss-reactive ketones (excluding diaryl/α,β-unsaturated/α-hetero) is 1. The lowest BCUT2D eigenvalue weighted by molar-refractivity contribution is -0.106. The first-order valence-electron chi connectivity index (χ1n) is 5.74. The minimum atomic E-state index is -0.504. The van der Waals surface area contributed by atoms with Crippen molar-refractivity contribution in [2.75, 3.05) is 6.61 Å². The molecular formula is C13H13BrO3. The molecule has 0 bridgehead atoms. The Morgan fingerprint density at radius 2 is 2.29 bits per heavy atom. The lowest BCUT2D eigenvalue weighted by Crippen LogP contribution is -2.56. The quantitative estimate of drug-likeness (QED) is 0.738. The monoisotopic (exact) mass is 296 g/mol. The second-order valence-electron chi connectivity index (χ2n) is 4.77. The van der Waals surface area contributed by atoms with Crippen LogP contribution in [-0.2, 0) is 4.74 Å². The second kappa shape index (κ2) is 3.82. The minimum Gasteiger partial charge on any atom is -0.484 e. The van der Waals surface area contributed by atoms with Crippen LogP contribution in [0.15, 0.2) is 22.7 Å². The van der Waals surface area contributed by atoms with Gasteiger partial charge in [-0.3, -0.25) is 4.79 Å². The van der Waals surface area contributed by atoms with Gasteiger partial charge in [0, 0.05) is 11.1 Å². The zero-order chi connectivity index (χ0) is 12.0. The van der Waals surface area contributed by atoms with Gasteiger partial charge in [0.25, 0.3) is 0 Å². The van der Waals surface area contributed by atoms with Crippen molar-refractivity contribution in [2.45, 2.75) is 31.5 Å². The highest BCUT2D eigenvalue weighted by atomic mass is 79.9. The molecule has 17 heavy (non-hydrogen) atoms. The molecule has 2 heterocycles. The van der Waals surface area contributed by atoms with Crippen molar-refractivity contribution in [3.8, 4) is 5.75 Å². The summed E-state index contributed by atoms with van der Waals surface area (Å²) in [5, 5.41) is 0. The molecule has 1 aromatic carbocycles. The minimum absolute atomic E-state index is 0.0368. The highest BCUT2D eigenvalue weighted by Gasteiger charge is 2.48. The molecule has 0 saturated carbocycles. The Kier molecular flexibility index (Phi) is 2.52. The van der Waals surface area contributed by atoms with Gasteiger partial charge in [-0.1, -0.05) is 15.9 Å². The van der Waals surface area contributed by atoms with Crippen molar-refractivity contribution in [1.82, 2.24) is 0 Å². The van der Waals surface area contributed by atoms with Crippen molar-refractivity contribution in [1.29, 1.82) is 0 Å². The third-order valence-corrected chi connectivity index (χ3v) is 3.94. The van der Waals surface area contributed by atoms with Crippen LogP contribution in [0.3, 0.4) is 0 Å². The number of hydrogen-bond acceptors (Lipinski definition) is 3. The van der Waals surface area contributed by atoms with Gasteiger partial charge in [0.05, 0.1) is 5.56 Å². The standard InChI is InChI=1S/C13H13BrO3/c1-13-5-2-6-16-12(13)11(15)9-7-8(14)3-4-10(9)17-13/h3-4,7,12H,2,5-6H2,1H3/t12-,13+/m0/s1. The Bertz CT molecular complexity index is 486. The zero-order valence-corrected chi connectivity index (χ0v) is 11.1. The predicted octanol–water partition coefficient (Wildman–Crippen LogP) is 2.96. The molecule has 2 aliphatic heterocycles. The molecule has 3 nitrogen and oxygen atoms in total. The molecule has 0 radical (unpaired) electrons. The summed E-state index contributed by atoms with van der Waals surface area (Å²) in [4.78, 5) is 12.4. The number of carbonyl (C=O) groups is 1. The number of ether oxygens (including phenoxy) is 2. The molecule has 1 aromatic rings. The van der Waals surface area contributed by atoms with Crippen LogP contribution in [0.5, 0.6) is 5.75 Å². The molecule has 3 rings (SSSR count). The van der Waals surface area contributed by atoms with Gasteiger partial charge in [-0.05, 0) is 38.0 Å². The topological polar surface area (TPSA) is 35.5 Å². The molecule has 90 valence electrons. The Morgan fingerprint density at radius 3 is 3.12 bits per heavy atom. The number of ketones is 1. The molecular weight excluding hydrogens is 284 g/mol. The maximum atomic E-state index is 12.4. The Balaban J connectivity index is 2.09. The number of halogens is 1. The van der Waals surface area contributed by atoms with Gasteiger partial charge in [0.15, 0.2) is 11.9 Å². The molecule has 1 fully saturated rings. The van der Waals surface area contributed by atoms with E-state index in [4.69, 9.17) is 9.47 Å². The van der Waals surface area contributed by atoms with E-state index in [1.54, 1.807) is 6.07 Å². The van der Waals surface area contributed by atoms with Crippen LogP contribution in [0, 0.1) is 0 Å². The van der Waals surface area contributed by atoms with E-state index in [-0.39, 0.29) is 5.78 Å². The largest absolute Gasteiger partial charge is 0.484 e. The molecule has 0 aliphatic carbocycles. The number of hydrogen-bond donors (Lipinski definition) is 0. The smallest absolute Gasteiger partial charge is 0.199 e. The van der Waals surface area contributed by atoms with Gasteiger partial charge in [0.1, 0.15) is 11.4 Å². The molecule has 2 atom stereocenters. The van der Waals surface area contributed by atoms with Crippen molar-refractivity contribution in [3.05, 3.63) is 28.2 Å². The summed E-state index contributed by atoms with van der Waals surface area (Å²) in [5.41, 5.74) is 0.111. The predicted molar refractivity (Wildman–Crippen MR) is 66.5 cm³/mol. The van der Waals surface area contributed by atoms with Gasteiger partial charge in [-0.25, -0.2) is 0 Å². The lowest BCUT2D eigenvalue weighted by atomic mass is 9.83. The van der Waals surface area contributed by atoms with Crippen molar-refractivity contribution < 1.29 is 14.3 Å². The Hall–Kier alpha value is -0.870. The summed E-state index contributed by atoms with van der Waals surface area (Å²) < 4.78 is 12.5. The SMILES string of the molecule is C[C@@]12CCCO[C@H]1C(=O)c1cc(Br)ccc1O2. The summed E-state index contributed by atoms with van der Waals surface area (Å²) in [6.07, 6.45) is 1.34. The maximum absolute atomic E-state index is 12.4. The van der Waals surface area contributed by atoms with Gasteiger partial charge < -0.3 is 9.47 Å². The fraction of sp³-hybridized carbons (Fsp3) is 0.462. The van der Waals surface area contributed by atoms with Crippen LogP contribution in [-0.4, -0.2) is 24.1 Å². The Labute approximate surface area is 108 Å². The van der Waals surface area contributed by atoms with Gasteiger partial charge in [-0.15, -0.1) is 0 Å². The number of fused-ring (bicyclic) bond motifs is 2. The molecule has 0 unspecified atom stereocenters. The van der Waals surface area contributed by atoms with Crippen LogP contribution < -0.4 is 4.74 Å². The molecule has 4 heteroatoms. The average Bonchev–Trinajstić information content (AvgIpc) is 2.30. The van der Waals surface area contributed by atoms with Gasteiger partial charge in [-0.2, -0.15) is 0 Å². The number of benzene rings is 1. The molecule has 0 aromatic heterocycles. The summed E-state index contributed by atoms with van der Waals surface area (Å²) in [5.74, 6) is 0.706. The number of rotatable bonds is 0.